The van der Waals surface area contributed by atoms with Crippen molar-refractivity contribution in [3.8, 4) is 0 Å². The molecular weight excluding hydrogens is 274 g/mol. The van der Waals surface area contributed by atoms with Crippen LogP contribution in [-0.4, -0.2) is 19.8 Å². The molecule has 4 heteroatoms. The van der Waals surface area contributed by atoms with Crippen molar-refractivity contribution in [3.05, 3.63) is 20.8 Å². The molecule has 0 aromatic carbocycles. The second kappa shape index (κ2) is 5.99. The average Bonchev–Trinajstić information content (AvgIpc) is 2.95. The van der Waals surface area contributed by atoms with E-state index < -0.39 is 0 Å². The average molecular weight is 290 g/mol. The van der Waals surface area contributed by atoms with Gasteiger partial charge in [0.1, 0.15) is 0 Å². The molecular formula is C11H16BrNOS. The van der Waals surface area contributed by atoms with Gasteiger partial charge in [0.25, 0.3) is 0 Å². The fourth-order valence-electron chi connectivity index (χ4n) is 1.35. The van der Waals surface area contributed by atoms with Gasteiger partial charge in [0.05, 0.1) is 10.4 Å². The van der Waals surface area contributed by atoms with Gasteiger partial charge in [-0.1, -0.05) is 0 Å². The van der Waals surface area contributed by atoms with Crippen molar-refractivity contribution in [3.63, 3.8) is 0 Å². The first kappa shape index (κ1) is 11.6. The smallest absolute Gasteiger partial charge is 0.0701 e. The molecule has 1 fully saturated rings. The Morgan fingerprint density at radius 3 is 3.07 bits per heavy atom. The van der Waals surface area contributed by atoms with Gasteiger partial charge in [0.15, 0.2) is 0 Å². The van der Waals surface area contributed by atoms with Crippen LogP contribution >= 0.6 is 27.3 Å². The number of ether oxygens (including phenoxy) is 1. The maximum absolute atomic E-state index is 5.53. The summed E-state index contributed by atoms with van der Waals surface area (Å²) in [6.07, 6.45) is 2.74. The number of halogens is 1. The lowest BCUT2D eigenvalue weighted by Crippen LogP contribution is -2.19. The number of hydrogen-bond acceptors (Lipinski definition) is 3. The number of rotatable bonds is 7. The molecule has 0 unspecified atom stereocenters. The molecule has 1 aromatic heterocycles. The minimum atomic E-state index is 0.835. The van der Waals surface area contributed by atoms with E-state index >= 15 is 0 Å². The van der Waals surface area contributed by atoms with Crippen molar-refractivity contribution in [1.82, 2.24) is 5.32 Å². The molecule has 0 radical (unpaired) electrons. The maximum atomic E-state index is 5.53. The van der Waals surface area contributed by atoms with Gasteiger partial charge in [-0.15, -0.1) is 11.3 Å². The van der Waals surface area contributed by atoms with E-state index in [-0.39, 0.29) is 0 Å². The molecule has 2 nitrogen and oxygen atoms in total. The number of hydrogen-bond donors (Lipinski definition) is 1. The van der Waals surface area contributed by atoms with Crippen LogP contribution in [0.5, 0.6) is 0 Å². The van der Waals surface area contributed by atoms with Crippen molar-refractivity contribution in [1.29, 1.82) is 0 Å². The van der Waals surface area contributed by atoms with E-state index in [2.05, 4.69) is 32.7 Å². The Morgan fingerprint density at radius 1 is 1.53 bits per heavy atom. The molecule has 0 spiro atoms. The van der Waals surface area contributed by atoms with Gasteiger partial charge < -0.3 is 10.1 Å². The van der Waals surface area contributed by atoms with Crippen LogP contribution < -0.4 is 5.32 Å². The van der Waals surface area contributed by atoms with Crippen LogP contribution in [0.15, 0.2) is 15.2 Å². The van der Waals surface area contributed by atoms with Gasteiger partial charge in [0.2, 0.25) is 0 Å². The summed E-state index contributed by atoms with van der Waals surface area (Å²) in [5.41, 5.74) is 1.34. The van der Waals surface area contributed by atoms with Crippen molar-refractivity contribution >= 4 is 27.3 Å². The summed E-state index contributed by atoms with van der Waals surface area (Å²) in [5, 5.41) is 5.54. The van der Waals surface area contributed by atoms with Gasteiger partial charge in [-0.3, -0.25) is 0 Å². The molecule has 1 heterocycles. The minimum Gasteiger partial charge on any atom is -0.380 e. The highest BCUT2D eigenvalue weighted by Gasteiger charge is 2.20. The summed E-state index contributed by atoms with van der Waals surface area (Å²) < 4.78 is 6.73. The second-order valence-electron chi connectivity index (χ2n) is 3.95. The Hall–Kier alpha value is 0.1000. The van der Waals surface area contributed by atoms with Gasteiger partial charge in [-0.05, 0) is 51.7 Å². The van der Waals surface area contributed by atoms with E-state index in [0.29, 0.717) is 0 Å². The van der Waals surface area contributed by atoms with Crippen LogP contribution in [0.1, 0.15) is 18.4 Å². The molecule has 1 aliphatic rings. The highest BCUT2D eigenvalue weighted by atomic mass is 79.9. The summed E-state index contributed by atoms with van der Waals surface area (Å²) >= 11 is 5.19. The van der Waals surface area contributed by atoms with E-state index in [4.69, 9.17) is 4.74 Å². The molecule has 15 heavy (non-hydrogen) atoms. The minimum absolute atomic E-state index is 0.835. The second-order valence-corrected chi connectivity index (χ2v) is 6.24. The first-order chi connectivity index (χ1) is 7.34. The molecule has 84 valence electrons. The number of nitrogens with one attached hydrogen (secondary N) is 1. The summed E-state index contributed by atoms with van der Waals surface area (Å²) in [6, 6.07) is 2.16. The fourth-order valence-corrected chi connectivity index (χ4v) is 2.56. The third kappa shape index (κ3) is 4.64. The van der Waals surface area contributed by atoms with Crippen LogP contribution in [-0.2, 0) is 11.3 Å². The van der Waals surface area contributed by atoms with Gasteiger partial charge in [-0.2, -0.15) is 0 Å². The van der Waals surface area contributed by atoms with Crippen molar-refractivity contribution in [2.75, 3.05) is 19.8 Å². The summed E-state index contributed by atoms with van der Waals surface area (Å²) in [6.45, 7) is 3.68. The van der Waals surface area contributed by atoms with Crippen LogP contribution in [0, 0.1) is 5.92 Å². The third-order valence-electron chi connectivity index (χ3n) is 2.42. The van der Waals surface area contributed by atoms with Crippen molar-refractivity contribution in [2.45, 2.75) is 19.4 Å². The zero-order valence-electron chi connectivity index (χ0n) is 8.67. The summed E-state index contributed by atoms with van der Waals surface area (Å²) in [7, 11) is 0. The molecule has 0 saturated heterocycles. The lowest BCUT2D eigenvalue weighted by molar-refractivity contribution is 0.126. The highest BCUT2D eigenvalue weighted by Crippen LogP contribution is 2.28. The Balaban J connectivity index is 1.47. The van der Waals surface area contributed by atoms with Crippen molar-refractivity contribution in [2.24, 2.45) is 5.92 Å². The zero-order chi connectivity index (χ0) is 10.5. The quantitative estimate of drug-likeness (QED) is 0.779. The maximum Gasteiger partial charge on any atom is 0.0701 e. The molecule has 0 atom stereocenters. The molecule has 1 N–H and O–H groups in total. The van der Waals surface area contributed by atoms with E-state index in [0.717, 1.165) is 32.2 Å². The number of thiophene rings is 1. The molecule has 0 bridgehead atoms. The van der Waals surface area contributed by atoms with E-state index in [1.165, 1.54) is 22.2 Å². The monoisotopic (exact) mass is 289 g/mol. The summed E-state index contributed by atoms with van der Waals surface area (Å²) in [4.78, 5) is 0. The largest absolute Gasteiger partial charge is 0.380 e. The Labute approximate surface area is 103 Å². The zero-order valence-corrected chi connectivity index (χ0v) is 11.1. The van der Waals surface area contributed by atoms with E-state index in [1.54, 1.807) is 11.3 Å². The Kier molecular flexibility index (Phi) is 4.62. The van der Waals surface area contributed by atoms with Crippen molar-refractivity contribution < 1.29 is 4.74 Å². The van der Waals surface area contributed by atoms with Crippen LogP contribution in [0.2, 0.25) is 0 Å². The lowest BCUT2D eigenvalue weighted by Gasteiger charge is -2.04. The van der Waals surface area contributed by atoms with Crippen LogP contribution in [0.4, 0.5) is 0 Å². The topological polar surface area (TPSA) is 21.3 Å². The van der Waals surface area contributed by atoms with E-state index in [1.807, 2.05) is 0 Å². The van der Waals surface area contributed by atoms with Gasteiger partial charge >= 0.3 is 0 Å². The highest BCUT2D eigenvalue weighted by molar-refractivity contribution is 9.11. The third-order valence-corrected chi connectivity index (χ3v) is 3.98. The normalized spacial score (nSPS) is 15.8. The van der Waals surface area contributed by atoms with Crippen LogP contribution in [0.25, 0.3) is 0 Å². The predicted octanol–water partition coefficient (Wildman–Crippen LogP) is 3.03. The first-order valence-electron chi connectivity index (χ1n) is 5.36. The SMILES string of the molecule is Brc1cc(CNCCOCC2CC2)cs1. The Bertz CT molecular complexity index is 299. The predicted molar refractivity (Wildman–Crippen MR) is 67.3 cm³/mol. The standard InChI is InChI=1S/C11H16BrNOS/c12-11-5-10(8-15-11)6-13-3-4-14-7-9-1-2-9/h5,8-9,13H,1-4,6-7H2. The van der Waals surface area contributed by atoms with Gasteiger partial charge in [-0.25, -0.2) is 0 Å². The summed E-state index contributed by atoms with van der Waals surface area (Å²) in [5.74, 6) is 0.873. The molecule has 2 rings (SSSR count). The van der Waals surface area contributed by atoms with Crippen LogP contribution in [0.3, 0.4) is 0 Å². The molecule has 0 amide bonds. The molecule has 1 aliphatic carbocycles. The fraction of sp³-hybridized carbons (Fsp3) is 0.636. The molecule has 1 saturated carbocycles. The molecule has 0 aliphatic heterocycles. The van der Waals surface area contributed by atoms with Gasteiger partial charge in [0, 0.05) is 19.7 Å². The Morgan fingerprint density at radius 2 is 2.40 bits per heavy atom. The lowest BCUT2D eigenvalue weighted by atomic mass is 10.3. The van der Waals surface area contributed by atoms with E-state index in [9.17, 15) is 0 Å². The molecule has 1 aromatic rings. The first-order valence-corrected chi connectivity index (χ1v) is 7.03.